The van der Waals surface area contributed by atoms with Gasteiger partial charge in [0.2, 0.25) is 5.76 Å². The Morgan fingerprint density at radius 3 is 2.61 bits per heavy atom. The second kappa shape index (κ2) is 6.23. The standard InChI is InChI=1S/C17H14N2O4/c1-22-12-8-6-11(7-9-12)18-17(21)16-10-14(19-23-16)13-4-2-3-5-15(13)20/h2-10,20H,1H3,(H,18,21). The number of hydrogen-bond acceptors (Lipinski definition) is 5. The molecule has 23 heavy (non-hydrogen) atoms. The molecule has 6 heteroatoms. The monoisotopic (exact) mass is 310 g/mol. The van der Waals surface area contributed by atoms with Crippen molar-refractivity contribution in [1.29, 1.82) is 0 Å². The summed E-state index contributed by atoms with van der Waals surface area (Å²) in [6.07, 6.45) is 0. The number of rotatable bonds is 4. The van der Waals surface area contributed by atoms with Gasteiger partial charge in [-0.15, -0.1) is 0 Å². The fourth-order valence-electron chi connectivity index (χ4n) is 2.07. The summed E-state index contributed by atoms with van der Waals surface area (Å²) in [5.74, 6) is 0.399. The van der Waals surface area contributed by atoms with Gasteiger partial charge in [-0.25, -0.2) is 0 Å². The van der Waals surface area contributed by atoms with Gasteiger partial charge in [0, 0.05) is 17.3 Å². The van der Waals surface area contributed by atoms with E-state index in [9.17, 15) is 9.90 Å². The Kier molecular flexibility index (Phi) is 3.97. The smallest absolute Gasteiger partial charge is 0.294 e. The fraction of sp³-hybridized carbons (Fsp3) is 0.0588. The number of aromatic nitrogens is 1. The van der Waals surface area contributed by atoms with Crippen LogP contribution in [0, 0.1) is 0 Å². The minimum Gasteiger partial charge on any atom is -0.507 e. The highest BCUT2D eigenvalue weighted by Gasteiger charge is 2.15. The van der Waals surface area contributed by atoms with Crippen molar-refractivity contribution in [2.45, 2.75) is 0 Å². The molecule has 0 aliphatic carbocycles. The summed E-state index contributed by atoms with van der Waals surface area (Å²) in [6, 6.07) is 15.1. The number of methoxy groups -OCH3 is 1. The van der Waals surface area contributed by atoms with Crippen LogP contribution in [0.4, 0.5) is 5.69 Å². The molecule has 0 aliphatic rings. The van der Waals surface area contributed by atoms with Crippen LogP contribution in [0.3, 0.4) is 0 Å². The van der Waals surface area contributed by atoms with Crippen molar-refractivity contribution in [3.63, 3.8) is 0 Å². The van der Waals surface area contributed by atoms with Crippen molar-refractivity contribution in [3.8, 4) is 22.8 Å². The Balaban J connectivity index is 1.77. The first-order valence-electron chi connectivity index (χ1n) is 6.88. The summed E-state index contributed by atoms with van der Waals surface area (Å²) in [7, 11) is 1.57. The molecule has 2 N–H and O–H groups in total. The van der Waals surface area contributed by atoms with Crippen LogP contribution in [0.25, 0.3) is 11.3 Å². The number of nitrogens with one attached hydrogen (secondary N) is 1. The molecular formula is C17H14N2O4. The van der Waals surface area contributed by atoms with E-state index >= 15 is 0 Å². The number of phenolic OH excluding ortho intramolecular Hbond substituents is 1. The van der Waals surface area contributed by atoms with Crippen LogP contribution >= 0.6 is 0 Å². The molecule has 1 heterocycles. The number of para-hydroxylation sites is 1. The lowest BCUT2D eigenvalue weighted by molar-refractivity contribution is 0.0988. The molecule has 0 bridgehead atoms. The van der Waals surface area contributed by atoms with Crippen LogP contribution in [0.1, 0.15) is 10.6 Å². The molecule has 0 saturated heterocycles. The predicted octanol–water partition coefficient (Wildman–Crippen LogP) is 3.31. The molecule has 0 saturated carbocycles. The van der Waals surface area contributed by atoms with Gasteiger partial charge >= 0.3 is 0 Å². The third-order valence-electron chi connectivity index (χ3n) is 3.26. The zero-order chi connectivity index (χ0) is 16.2. The maximum Gasteiger partial charge on any atom is 0.294 e. The van der Waals surface area contributed by atoms with Gasteiger partial charge in [-0.3, -0.25) is 4.79 Å². The van der Waals surface area contributed by atoms with Crippen LogP contribution in [0.15, 0.2) is 59.1 Å². The third-order valence-corrected chi connectivity index (χ3v) is 3.26. The number of aromatic hydroxyl groups is 1. The van der Waals surface area contributed by atoms with Crippen molar-refractivity contribution in [1.82, 2.24) is 5.16 Å². The maximum absolute atomic E-state index is 12.2. The molecule has 2 aromatic carbocycles. The molecule has 0 aliphatic heterocycles. The fourth-order valence-corrected chi connectivity index (χ4v) is 2.07. The molecular weight excluding hydrogens is 296 g/mol. The molecule has 116 valence electrons. The first-order chi connectivity index (χ1) is 11.2. The summed E-state index contributed by atoms with van der Waals surface area (Å²) < 4.78 is 10.1. The summed E-state index contributed by atoms with van der Waals surface area (Å²) in [6.45, 7) is 0. The Morgan fingerprint density at radius 1 is 1.17 bits per heavy atom. The SMILES string of the molecule is COc1ccc(NC(=O)c2cc(-c3ccccc3O)no2)cc1. The molecule has 0 unspecified atom stereocenters. The van der Waals surface area contributed by atoms with Crippen molar-refractivity contribution in [2.75, 3.05) is 12.4 Å². The van der Waals surface area contributed by atoms with E-state index in [-0.39, 0.29) is 11.5 Å². The molecule has 1 aromatic heterocycles. The summed E-state index contributed by atoms with van der Waals surface area (Å²) in [4.78, 5) is 12.2. The quantitative estimate of drug-likeness (QED) is 0.772. The van der Waals surface area contributed by atoms with Gasteiger partial charge in [-0.2, -0.15) is 0 Å². The van der Waals surface area contributed by atoms with Gasteiger partial charge in [-0.05, 0) is 36.4 Å². The number of ether oxygens (including phenoxy) is 1. The maximum atomic E-state index is 12.2. The third kappa shape index (κ3) is 3.16. The van der Waals surface area contributed by atoms with E-state index in [1.165, 1.54) is 6.07 Å². The molecule has 1 amide bonds. The molecule has 0 radical (unpaired) electrons. The van der Waals surface area contributed by atoms with Crippen LogP contribution in [-0.2, 0) is 0 Å². The number of phenols is 1. The second-order valence-corrected chi connectivity index (χ2v) is 4.78. The number of carbonyl (C=O) groups excluding carboxylic acids is 1. The van der Waals surface area contributed by atoms with E-state index in [4.69, 9.17) is 9.26 Å². The van der Waals surface area contributed by atoms with E-state index in [2.05, 4.69) is 10.5 Å². The summed E-state index contributed by atoms with van der Waals surface area (Å²) in [5.41, 5.74) is 1.50. The van der Waals surface area contributed by atoms with Gasteiger partial charge in [-0.1, -0.05) is 17.3 Å². The topological polar surface area (TPSA) is 84.6 Å². The Labute approximate surface area is 132 Å². The Bertz CT molecular complexity index is 825. The van der Waals surface area contributed by atoms with Crippen molar-refractivity contribution < 1.29 is 19.2 Å². The Morgan fingerprint density at radius 2 is 1.91 bits per heavy atom. The highest BCUT2D eigenvalue weighted by atomic mass is 16.5. The molecule has 3 rings (SSSR count). The normalized spacial score (nSPS) is 10.3. The number of amides is 1. The van der Waals surface area contributed by atoms with Gasteiger partial charge in [0.15, 0.2) is 0 Å². The van der Waals surface area contributed by atoms with Gasteiger partial charge < -0.3 is 19.7 Å². The van der Waals surface area contributed by atoms with Crippen molar-refractivity contribution in [2.24, 2.45) is 0 Å². The number of hydrogen-bond donors (Lipinski definition) is 2. The number of benzene rings is 2. The van der Waals surface area contributed by atoms with E-state index in [1.807, 2.05) is 0 Å². The van der Waals surface area contributed by atoms with Gasteiger partial charge in [0.05, 0.1) is 7.11 Å². The average molecular weight is 310 g/mol. The average Bonchev–Trinajstić information content (AvgIpc) is 3.06. The predicted molar refractivity (Wildman–Crippen MR) is 84.6 cm³/mol. The highest BCUT2D eigenvalue weighted by Crippen LogP contribution is 2.28. The van der Waals surface area contributed by atoms with Crippen LogP contribution in [-0.4, -0.2) is 23.3 Å². The number of carbonyl (C=O) groups is 1. The number of nitrogens with zero attached hydrogens (tertiary/aromatic N) is 1. The van der Waals surface area contributed by atoms with Crippen LogP contribution < -0.4 is 10.1 Å². The van der Waals surface area contributed by atoms with Crippen LogP contribution in [0.2, 0.25) is 0 Å². The van der Waals surface area contributed by atoms with Gasteiger partial charge in [0.25, 0.3) is 5.91 Å². The first kappa shape index (κ1) is 14.6. The molecule has 6 nitrogen and oxygen atoms in total. The molecule has 0 atom stereocenters. The lowest BCUT2D eigenvalue weighted by Crippen LogP contribution is -2.10. The Hall–Kier alpha value is -3.28. The molecule has 3 aromatic rings. The van der Waals surface area contributed by atoms with Crippen LogP contribution in [0.5, 0.6) is 11.5 Å². The lowest BCUT2D eigenvalue weighted by atomic mass is 10.1. The van der Waals surface area contributed by atoms with E-state index in [1.54, 1.807) is 55.6 Å². The molecule has 0 fully saturated rings. The van der Waals surface area contributed by atoms with Crippen molar-refractivity contribution in [3.05, 3.63) is 60.4 Å². The van der Waals surface area contributed by atoms with E-state index < -0.39 is 5.91 Å². The lowest BCUT2D eigenvalue weighted by Gasteiger charge is -2.03. The minimum atomic E-state index is -0.427. The van der Waals surface area contributed by atoms with Gasteiger partial charge in [0.1, 0.15) is 17.2 Å². The summed E-state index contributed by atoms with van der Waals surface area (Å²) >= 11 is 0. The minimum absolute atomic E-state index is 0.0547. The summed E-state index contributed by atoms with van der Waals surface area (Å²) in [5, 5.41) is 16.3. The zero-order valence-electron chi connectivity index (χ0n) is 12.3. The number of anilines is 1. The first-order valence-corrected chi connectivity index (χ1v) is 6.88. The van der Waals surface area contributed by atoms with Crippen molar-refractivity contribution >= 4 is 11.6 Å². The van der Waals surface area contributed by atoms with E-state index in [0.717, 1.165) is 0 Å². The molecule has 0 spiro atoms. The highest BCUT2D eigenvalue weighted by molar-refractivity contribution is 6.02. The van der Waals surface area contributed by atoms with E-state index in [0.29, 0.717) is 22.7 Å². The largest absolute Gasteiger partial charge is 0.507 e. The zero-order valence-corrected chi connectivity index (χ0v) is 12.3. The second-order valence-electron chi connectivity index (χ2n) is 4.78.